The van der Waals surface area contributed by atoms with Crippen molar-refractivity contribution in [2.45, 2.75) is 5.75 Å². The van der Waals surface area contributed by atoms with Crippen molar-refractivity contribution in [1.82, 2.24) is 0 Å². The summed E-state index contributed by atoms with van der Waals surface area (Å²) in [6.07, 6.45) is 0. The Bertz CT molecular complexity index is 734. The van der Waals surface area contributed by atoms with E-state index in [4.69, 9.17) is 29.0 Å². The van der Waals surface area contributed by atoms with Crippen LogP contribution < -0.4 is 0 Å². The summed E-state index contributed by atoms with van der Waals surface area (Å²) in [5, 5.41) is 0. The van der Waals surface area contributed by atoms with Gasteiger partial charge in [0.25, 0.3) is 10.1 Å². The van der Waals surface area contributed by atoms with Gasteiger partial charge >= 0.3 is 23.5 Å². The predicted octanol–water partition coefficient (Wildman–Crippen LogP) is 0.380. The molecule has 0 bridgehead atoms. The molecule has 0 radical (unpaired) electrons. The second-order valence-electron chi connectivity index (χ2n) is 3.82. The molecule has 0 heterocycles. The minimum Gasteiger partial charge on any atom is -0.302 e. The molecule has 0 saturated heterocycles. The molecule has 6 N–H and O–H groups in total. The van der Waals surface area contributed by atoms with Gasteiger partial charge in [-0.25, -0.2) is 13.7 Å². The monoisotopic (exact) mass is 430 g/mol. The van der Waals surface area contributed by atoms with Crippen molar-refractivity contribution in [3.63, 3.8) is 0 Å². The number of benzene rings is 1. The number of phosphoric acid groups is 3. The molecule has 0 fully saturated rings. The summed E-state index contributed by atoms with van der Waals surface area (Å²) in [4.78, 5) is 40.2. The van der Waals surface area contributed by atoms with E-state index < -0.39 is 33.6 Å². The molecular weight excluding hydrogens is 417 g/mol. The molecule has 0 atom stereocenters. The van der Waals surface area contributed by atoms with E-state index in [2.05, 4.69) is 8.62 Å². The zero-order valence-electron chi connectivity index (χ0n) is 11.4. The lowest BCUT2D eigenvalue weighted by atomic mass is 10.2. The van der Waals surface area contributed by atoms with Gasteiger partial charge in [-0.2, -0.15) is 17.0 Å². The molecule has 1 aromatic carbocycles. The summed E-state index contributed by atoms with van der Waals surface area (Å²) in [5.41, 5.74) is 0.593. The van der Waals surface area contributed by atoms with Crippen LogP contribution in [-0.4, -0.2) is 37.4 Å². The molecular formula is C7H13O13P3S. The Labute approximate surface area is 135 Å². The zero-order valence-corrected chi connectivity index (χ0v) is 14.9. The highest BCUT2D eigenvalue weighted by Crippen LogP contribution is 2.64. The van der Waals surface area contributed by atoms with Crippen LogP contribution in [0.15, 0.2) is 30.3 Å². The summed E-state index contributed by atoms with van der Waals surface area (Å²) >= 11 is 0. The van der Waals surface area contributed by atoms with E-state index in [1.165, 1.54) is 0 Å². The minimum absolute atomic E-state index is 0.312. The Morgan fingerprint density at radius 2 is 1.21 bits per heavy atom. The molecule has 13 nitrogen and oxygen atoms in total. The lowest BCUT2D eigenvalue weighted by molar-refractivity contribution is 0.204. The van der Waals surface area contributed by atoms with E-state index >= 15 is 0 Å². The number of rotatable bonds is 6. The molecule has 24 heavy (non-hydrogen) atoms. The van der Waals surface area contributed by atoms with Crippen LogP contribution in [0.5, 0.6) is 0 Å². The fourth-order valence-electron chi connectivity index (χ4n) is 1.07. The van der Waals surface area contributed by atoms with Gasteiger partial charge in [0.15, 0.2) is 0 Å². The highest BCUT2D eigenvalue weighted by atomic mass is 32.2. The first-order valence-corrected chi connectivity index (χ1v) is 11.5. The van der Waals surface area contributed by atoms with Crippen LogP contribution in [0.3, 0.4) is 0 Å². The van der Waals surface area contributed by atoms with Crippen molar-refractivity contribution in [2.24, 2.45) is 0 Å². The maximum absolute atomic E-state index is 10.4. The number of hydrogen-bond donors (Lipinski definition) is 6. The first-order valence-electron chi connectivity index (χ1n) is 5.35. The van der Waals surface area contributed by atoms with E-state index in [1.54, 1.807) is 30.3 Å². The molecule has 0 saturated carbocycles. The van der Waals surface area contributed by atoms with E-state index in [0.717, 1.165) is 0 Å². The van der Waals surface area contributed by atoms with Crippen molar-refractivity contribution in [3.05, 3.63) is 35.9 Å². The average molecular weight is 430 g/mol. The van der Waals surface area contributed by atoms with Crippen molar-refractivity contribution < 1.29 is 59.8 Å². The second-order valence-corrected chi connectivity index (χ2v) is 9.48. The van der Waals surface area contributed by atoms with Gasteiger partial charge < -0.3 is 24.5 Å². The summed E-state index contributed by atoms with van der Waals surface area (Å²) < 4.78 is 65.5. The van der Waals surface area contributed by atoms with E-state index in [9.17, 15) is 22.1 Å². The third kappa shape index (κ3) is 15.1. The molecule has 140 valence electrons. The number of hydrogen-bond acceptors (Lipinski definition) is 7. The largest absolute Gasteiger partial charge is 0.490 e. The maximum Gasteiger partial charge on any atom is 0.490 e. The van der Waals surface area contributed by atoms with E-state index in [0.29, 0.717) is 5.56 Å². The Kier molecular flexibility index (Phi) is 8.60. The molecule has 0 aliphatic carbocycles. The first kappa shape index (κ1) is 23.5. The minimum atomic E-state index is -5.46. The Hall–Kier alpha value is -0.460. The fraction of sp³-hybridized carbons (Fsp3) is 0.143. The van der Waals surface area contributed by atoms with E-state index in [-0.39, 0.29) is 5.75 Å². The van der Waals surface area contributed by atoms with Gasteiger partial charge in [0.1, 0.15) is 5.75 Å². The summed E-state index contributed by atoms with van der Waals surface area (Å²) in [6.45, 7) is 0. The van der Waals surface area contributed by atoms with Crippen LogP contribution in [0.1, 0.15) is 5.56 Å². The predicted molar refractivity (Wildman–Crippen MR) is 77.8 cm³/mol. The van der Waals surface area contributed by atoms with Crippen LogP contribution in [0.25, 0.3) is 0 Å². The quantitative estimate of drug-likeness (QED) is 0.265. The third-order valence-corrected chi connectivity index (χ3v) is 5.66. The van der Waals surface area contributed by atoms with Gasteiger partial charge in [0, 0.05) is 0 Å². The van der Waals surface area contributed by atoms with Gasteiger partial charge in [-0.1, -0.05) is 30.3 Å². The maximum atomic E-state index is 10.4. The molecule has 0 aliphatic rings. The molecule has 0 aliphatic heterocycles. The summed E-state index contributed by atoms with van der Waals surface area (Å²) in [7, 11) is -20.0. The van der Waals surface area contributed by atoms with Crippen LogP contribution in [0, 0.1) is 0 Å². The summed E-state index contributed by atoms with van der Waals surface area (Å²) in [6, 6.07) is 8.52. The molecule has 1 rings (SSSR count). The molecule has 0 amide bonds. The summed E-state index contributed by atoms with van der Waals surface area (Å²) in [5.74, 6) is -0.312. The topological polar surface area (TPSA) is 225 Å². The lowest BCUT2D eigenvalue weighted by Gasteiger charge is -2.11. The van der Waals surface area contributed by atoms with Crippen molar-refractivity contribution in [1.29, 1.82) is 0 Å². The third-order valence-electron chi connectivity index (χ3n) is 1.61. The van der Waals surface area contributed by atoms with Crippen LogP contribution >= 0.6 is 23.5 Å². The molecule has 0 unspecified atom stereocenters. The normalized spacial score (nSPS) is 13.1. The highest BCUT2D eigenvalue weighted by Gasteiger charge is 2.38. The van der Waals surface area contributed by atoms with Gasteiger partial charge in [-0.05, 0) is 5.56 Å². The van der Waals surface area contributed by atoms with Crippen LogP contribution in [0.2, 0.25) is 0 Å². The Balaban J connectivity index is 0.000000446. The smallest absolute Gasteiger partial charge is 0.302 e. The standard InChI is InChI=1S/C7H8O3S.H5O10P3/c8-11(9,10)6-7-4-2-1-3-5-7;1-11(2,3)9-13(7,8)10-12(4,5)6/h1-5H,6H2,(H,8,9,10);(H,7,8)(H2,1,2,3)(H2,4,5,6). The van der Waals surface area contributed by atoms with Crippen molar-refractivity contribution in [3.8, 4) is 0 Å². The first-order chi connectivity index (χ1) is 10.5. The lowest BCUT2D eigenvalue weighted by Crippen LogP contribution is -2.00. The van der Waals surface area contributed by atoms with Crippen molar-refractivity contribution in [2.75, 3.05) is 0 Å². The van der Waals surface area contributed by atoms with Gasteiger partial charge in [-0.15, -0.1) is 0 Å². The fourth-order valence-corrected chi connectivity index (χ4v) is 4.22. The molecule has 17 heteroatoms. The Morgan fingerprint density at radius 1 is 0.833 bits per heavy atom. The Morgan fingerprint density at radius 3 is 1.50 bits per heavy atom. The van der Waals surface area contributed by atoms with Gasteiger partial charge in [-0.3, -0.25) is 4.55 Å². The van der Waals surface area contributed by atoms with Gasteiger partial charge in [0.2, 0.25) is 0 Å². The second kappa shape index (κ2) is 8.77. The zero-order chi connectivity index (χ0) is 19.2. The van der Waals surface area contributed by atoms with E-state index in [1.807, 2.05) is 0 Å². The van der Waals surface area contributed by atoms with Crippen molar-refractivity contribution >= 4 is 33.6 Å². The van der Waals surface area contributed by atoms with Gasteiger partial charge in [0.05, 0.1) is 0 Å². The average Bonchev–Trinajstić information content (AvgIpc) is 2.21. The van der Waals surface area contributed by atoms with Crippen LogP contribution in [-0.2, 0) is 38.2 Å². The molecule has 1 aromatic rings. The molecule has 0 aromatic heterocycles. The highest BCUT2D eigenvalue weighted by molar-refractivity contribution is 7.85. The SMILES string of the molecule is O=P(O)(O)OP(=O)(O)OP(=O)(O)O.O=S(=O)(O)Cc1ccccc1. The van der Waals surface area contributed by atoms with Crippen LogP contribution in [0.4, 0.5) is 0 Å². The molecule has 0 spiro atoms.